The van der Waals surface area contributed by atoms with Crippen LogP contribution in [0.4, 0.5) is 0 Å². The molecule has 1 fully saturated rings. The molecule has 1 aliphatic carbocycles. The Morgan fingerprint density at radius 1 is 1.29 bits per heavy atom. The monoisotopic (exact) mass is 383 g/mol. The fourth-order valence-electron chi connectivity index (χ4n) is 3.48. The quantitative estimate of drug-likeness (QED) is 0.394. The van der Waals surface area contributed by atoms with Crippen LogP contribution in [0.3, 0.4) is 0 Å². The summed E-state index contributed by atoms with van der Waals surface area (Å²) in [5.74, 6) is 1.84. The largest absolute Gasteiger partial charge is 0.490 e. The van der Waals surface area contributed by atoms with Gasteiger partial charge in [0, 0.05) is 37.6 Å². The predicted octanol–water partition coefficient (Wildman–Crippen LogP) is 3.66. The summed E-state index contributed by atoms with van der Waals surface area (Å²) in [6.07, 6.45) is 11.9. The molecule has 0 bridgehead atoms. The third kappa shape index (κ3) is 6.29. The molecular weight excluding hydrogens is 350 g/mol. The van der Waals surface area contributed by atoms with Gasteiger partial charge in [0.15, 0.2) is 5.96 Å². The number of aromatic nitrogens is 2. The van der Waals surface area contributed by atoms with Crippen LogP contribution in [0, 0.1) is 6.92 Å². The van der Waals surface area contributed by atoms with Crippen molar-refractivity contribution in [3.63, 3.8) is 0 Å². The minimum Gasteiger partial charge on any atom is -0.490 e. The Morgan fingerprint density at radius 3 is 2.89 bits per heavy atom. The van der Waals surface area contributed by atoms with Gasteiger partial charge >= 0.3 is 0 Å². The van der Waals surface area contributed by atoms with Gasteiger partial charge in [-0.1, -0.05) is 12.1 Å². The first kappa shape index (κ1) is 20.2. The number of hydrogen-bond donors (Lipinski definition) is 2. The third-order valence-electron chi connectivity index (χ3n) is 5.01. The van der Waals surface area contributed by atoms with Crippen LogP contribution in [0.2, 0.25) is 0 Å². The van der Waals surface area contributed by atoms with E-state index in [0.29, 0.717) is 12.6 Å². The summed E-state index contributed by atoms with van der Waals surface area (Å²) in [5.41, 5.74) is 2.37. The molecule has 0 saturated heterocycles. The lowest BCUT2D eigenvalue weighted by molar-refractivity contribution is 0.208. The number of hydrogen-bond acceptors (Lipinski definition) is 3. The smallest absolute Gasteiger partial charge is 0.191 e. The highest BCUT2D eigenvalue weighted by Crippen LogP contribution is 2.28. The van der Waals surface area contributed by atoms with Crippen LogP contribution in [-0.2, 0) is 13.1 Å². The van der Waals surface area contributed by atoms with Gasteiger partial charge in [0.1, 0.15) is 5.75 Å². The van der Waals surface area contributed by atoms with E-state index < -0.39 is 0 Å². The number of guanidine groups is 1. The molecule has 152 valence electrons. The predicted molar refractivity (Wildman–Crippen MR) is 114 cm³/mol. The second kappa shape index (κ2) is 10.7. The Kier molecular flexibility index (Phi) is 7.76. The minimum absolute atomic E-state index is 0.360. The van der Waals surface area contributed by atoms with Crippen molar-refractivity contribution in [3.8, 4) is 5.75 Å². The van der Waals surface area contributed by atoms with Crippen LogP contribution >= 0.6 is 0 Å². The number of aliphatic imine (C=N–C) groups is 1. The van der Waals surface area contributed by atoms with E-state index in [1.807, 2.05) is 18.7 Å². The Bertz CT molecular complexity index is 735. The highest BCUT2D eigenvalue weighted by molar-refractivity contribution is 5.79. The summed E-state index contributed by atoms with van der Waals surface area (Å²) in [6.45, 7) is 7.46. The van der Waals surface area contributed by atoms with Crippen LogP contribution in [0.5, 0.6) is 5.75 Å². The molecule has 6 heteroatoms. The first-order valence-corrected chi connectivity index (χ1v) is 10.5. The number of ether oxygens (including phenoxy) is 1. The van der Waals surface area contributed by atoms with Gasteiger partial charge in [0.05, 0.1) is 19.0 Å². The van der Waals surface area contributed by atoms with E-state index in [4.69, 9.17) is 9.73 Å². The molecular formula is C22H33N5O. The van der Waals surface area contributed by atoms with E-state index in [1.54, 1.807) is 0 Å². The van der Waals surface area contributed by atoms with Crippen molar-refractivity contribution < 1.29 is 4.74 Å². The van der Waals surface area contributed by atoms with Gasteiger partial charge < -0.3 is 19.9 Å². The zero-order chi connectivity index (χ0) is 19.6. The summed E-state index contributed by atoms with van der Waals surface area (Å²) in [4.78, 5) is 8.85. The first-order chi connectivity index (χ1) is 13.7. The average Bonchev–Trinajstić information content (AvgIpc) is 3.38. The van der Waals surface area contributed by atoms with E-state index in [2.05, 4.69) is 52.2 Å². The molecule has 0 amide bonds. The third-order valence-corrected chi connectivity index (χ3v) is 5.01. The Labute approximate surface area is 168 Å². The maximum Gasteiger partial charge on any atom is 0.191 e. The normalized spacial score (nSPS) is 15.0. The molecule has 0 aliphatic heterocycles. The number of aryl methyl sites for hydroxylation is 2. The maximum atomic E-state index is 6.30. The van der Waals surface area contributed by atoms with Gasteiger partial charge in [0.2, 0.25) is 0 Å². The van der Waals surface area contributed by atoms with Crippen LogP contribution in [0.15, 0.2) is 41.9 Å². The summed E-state index contributed by atoms with van der Waals surface area (Å²) in [6, 6.07) is 6.43. The summed E-state index contributed by atoms with van der Waals surface area (Å²) >= 11 is 0. The number of rotatable bonds is 9. The highest BCUT2D eigenvalue weighted by Gasteiger charge is 2.18. The van der Waals surface area contributed by atoms with Gasteiger partial charge in [-0.2, -0.15) is 0 Å². The zero-order valence-corrected chi connectivity index (χ0v) is 17.2. The SMILES string of the molecule is CCNC(=NCc1ccc(C)cc1OC1CCCC1)NCCCn1ccnc1. The highest BCUT2D eigenvalue weighted by atomic mass is 16.5. The number of nitrogens with one attached hydrogen (secondary N) is 2. The van der Waals surface area contributed by atoms with Crippen molar-refractivity contribution in [2.45, 2.75) is 65.1 Å². The molecule has 2 aromatic rings. The van der Waals surface area contributed by atoms with Crippen molar-refractivity contribution in [2.75, 3.05) is 13.1 Å². The Balaban J connectivity index is 1.56. The molecule has 1 aromatic heterocycles. The van der Waals surface area contributed by atoms with Crippen molar-refractivity contribution in [1.29, 1.82) is 0 Å². The Morgan fingerprint density at radius 2 is 2.14 bits per heavy atom. The topological polar surface area (TPSA) is 63.5 Å². The maximum absolute atomic E-state index is 6.30. The Hall–Kier alpha value is -2.50. The van der Waals surface area contributed by atoms with Gasteiger partial charge in [0.25, 0.3) is 0 Å². The van der Waals surface area contributed by atoms with Crippen LogP contribution in [0.1, 0.15) is 50.2 Å². The molecule has 2 N–H and O–H groups in total. The molecule has 0 spiro atoms. The molecule has 28 heavy (non-hydrogen) atoms. The first-order valence-electron chi connectivity index (χ1n) is 10.5. The number of benzene rings is 1. The summed E-state index contributed by atoms with van der Waals surface area (Å²) in [7, 11) is 0. The van der Waals surface area contributed by atoms with Gasteiger partial charge in [-0.25, -0.2) is 9.98 Å². The van der Waals surface area contributed by atoms with Crippen LogP contribution in [0.25, 0.3) is 0 Å². The van der Waals surface area contributed by atoms with Crippen molar-refractivity contribution in [2.24, 2.45) is 4.99 Å². The van der Waals surface area contributed by atoms with E-state index in [9.17, 15) is 0 Å². The zero-order valence-electron chi connectivity index (χ0n) is 17.2. The summed E-state index contributed by atoms with van der Waals surface area (Å²) in [5, 5.41) is 6.75. The fourth-order valence-corrected chi connectivity index (χ4v) is 3.48. The second-order valence-electron chi connectivity index (χ2n) is 7.41. The molecule has 1 aliphatic rings. The molecule has 0 atom stereocenters. The lowest BCUT2D eigenvalue weighted by Crippen LogP contribution is -2.38. The lowest BCUT2D eigenvalue weighted by atomic mass is 10.1. The molecule has 0 radical (unpaired) electrons. The molecule has 6 nitrogen and oxygen atoms in total. The van der Waals surface area contributed by atoms with E-state index >= 15 is 0 Å². The van der Waals surface area contributed by atoms with Crippen LogP contribution in [-0.4, -0.2) is 34.7 Å². The van der Waals surface area contributed by atoms with Gasteiger partial charge in [-0.3, -0.25) is 0 Å². The standard InChI is InChI=1S/C22H33N5O/c1-3-24-22(25-11-6-13-27-14-12-23-17-27)26-16-19-10-9-18(2)15-21(19)28-20-7-4-5-8-20/h9-10,12,14-15,17,20H,3-8,11,13,16H2,1-2H3,(H2,24,25,26). The number of imidazole rings is 1. The molecule has 3 rings (SSSR count). The second-order valence-corrected chi connectivity index (χ2v) is 7.41. The van der Waals surface area contributed by atoms with Crippen molar-refractivity contribution >= 4 is 5.96 Å². The lowest BCUT2D eigenvalue weighted by Gasteiger charge is -2.17. The molecule has 1 saturated carbocycles. The average molecular weight is 384 g/mol. The fraction of sp³-hybridized carbons (Fsp3) is 0.545. The van der Waals surface area contributed by atoms with Gasteiger partial charge in [-0.05, 0) is 57.6 Å². The molecule has 0 unspecified atom stereocenters. The molecule has 1 aromatic carbocycles. The van der Waals surface area contributed by atoms with Crippen molar-refractivity contribution in [1.82, 2.24) is 20.2 Å². The molecule has 1 heterocycles. The van der Waals surface area contributed by atoms with E-state index in [0.717, 1.165) is 56.2 Å². The number of nitrogens with zero attached hydrogens (tertiary/aromatic N) is 3. The van der Waals surface area contributed by atoms with E-state index in [-0.39, 0.29) is 0 Å². The van der Waals surface area contributed by atoms with Gasteiger partial charge in [-0.15, -0.1) is 0 Å². The van der Waals surface area contributed by atoms with Crippen LogP contribution < -0.4 is 15.4 Å². The van der Waals surface area contributed by atoms with E-state index in [1.165, 1.54) is 18.4 Å². The van der Waals surface area contributed by atoms with Crippen molar-refractivity contribution in [3.05, 3.63) is 48.0 Å². The minimum atomic E-state index is 0.360. The summed E-state index contributed by atoms with van der Waals surface area (Å²) < 4.78 is 8.39.